The van der Waals surface area contributed by atoms with Crippen LogP contribution < -0.4 is 0 Å². The van der Waals surface area contributed by atoms with Crippen LogP contribution in [-0.4, -0.2) is 11.6 Å². The Hall–Kier alpha value is -1.70. The van der Waals surface area contributed by atoms with Crippen molar-refractivity contribution in [3.63, 3.8) is 0 Å². The molecule has 2 rings (SSSR count). The maximum Gasteiger partial charge on any atom is 0.186 e. The number of aryl methyl sites for hydroxylation is 1. The summed E-state index contributed by atoms with van der Waals surface area (Å²) < 4.78 is 0. The van der Waals surface area contributed by atoms with E-state index in [1.165, 1.54) is 69.9 Å². The quantitative estimate of drug-likeness (QED) is 0.461. The number of fused-ring (bicyclic) bond motifs is 1. The molecule has 2 heteroatoms. The van der Waals surface area contributed by atoms with Crippen LogP contribution in [-0.2, 0) is 6.42 Å². The summed E-state index contributed by atoms with van der Waals surface area (Å²) in [5, 5.41) is 0. The molecule has 0 spiro atoms. The van der Waals surface area contributed by atoms with Gasteiger partial charge in [-0.2, -0.15) is 0 Å². The van der Waals surface area contributed by atoms with Crippen molar-refractivity contribution in [3.05, 3.63) is 47.0 Å². The fourth-order valence-electron chi connectivity index (χ4n) is 3.43. The van der Waals surface area contributed by atoms with Gasteiger partial charge in [0.05, 0.1) is 0 Å². The normalized spacial score (nSPS) is 13.4. The molecule has 0 aromatic heterocycles. The Kier molecular flexibility index (Phi) is 7.94. The number of unbranched alkanes of at least 4 members (excludes halogenated alkanes) is 9. The molecule has 0 heterocycles. The highest BCUT2D eigenvalue weighted by molar-refractivity contribution is 6.22. The zero-order chi connectivity index (χ0) is 17.2. The number of hydrogen-bond acceptors (Lipinski definition) is 2. The van der Waals surface area contributed by atoms with E-state index in [0.29, 0.717) is 11.1 Å². The molecule has 1 aliphatic carbocycles. The molecule has 1 aliphatic rings. The highest BCUT2D eigenvalue weighted by Gasteiger charge is 2.21. The van der Waals surface area contributed by atoms with Crippen LogP contribution in [0.1, 0.15) is 97.4 Å². The van der Waals surface area contributed by atoms with Crippen LogP contribution in [0.3, 0.4) is 0 Å². The van der Waals surface area contributed by atoms with Crippen LogP contribution in [0.15, 0.2) is 30.4 Å². The maximum absolute atomic E-state index is 12.1. The minimum Gasteiger partial charge on any atom is -0.289 e. The van der Waals surface area contributed by atoms with Gasteiger partial charge in [-0.05, 0) is 30.6 Å². The summed E-state index contributed by atoms with van der Waals surface area (Å²) in [5.74, 6) is -0.0678. The van der Waals surface area contributed by atoms with Gasteiger partial charge in [0.1, 0.15) is 0 Å². The molecule has 24 heavy (non-hydrogen) atoms. The average Bonchev–Trinajstić information content (AvgIpc) is 2.60. The molecular formula is C22H30O2. The summed E-state index contributed by atoms with van der Waals surface area (Å²) in [6, 6.07) is 5.66. The van der Waals surface area contributed by atoms with Gasteiger partial charge in [0.15, 0.2) is 11.6 Å². The van der Waals surface area contributed by atoms with E-state index in [1.807, 2.05) is 12.1 Å². The van der Waals surface area contributed by atoms with E-state index in [0.717, 1.165) is 18.4 Å². The van der Waals surface area contributed by atoms with Crippen LogP contribution in [0.5, 0.6) is 0 Å². The molecule has 1 aromatic carbocycles. The Morgan fingerprint density at radius 3 is 1.96 bits per heavy atom. The van der Waals surface area contributed by atoms with Crippen molar-refractivity contribution in [1.29, 1.82) is 0 Å². The summed E-state index contributed by atoms with van der Waals surface area (Å²) in [4.78, 5) is 24.0. The lowest BCUT2D eigenvalue weighted by molar-refractivity contribution is 0.0993. The van der Waals surface area contributed by atoms with Crippen LogP contribution in [0.4, 0.5) is 0 Å². The van der Waals surface area contributed by atoms with Crippen molar-refractivity contribution < 1.29 is 9.59 Å². The molecule has 1 aromatic rings. The van der Waals surface area contributed by atoms with Gasteiger partial charge in [-0.25, -0.2) is 0 Å². The van der Waals surface area contributed by atoms with Crippen molar-refractivity contribution in [1.82, 2.24) is 0 Å². The minimum atomic E-state index is -0.0467. The summed E-state index contributed by atoms with van der Waals surface area (Å²) in [5.41, 5.74) is 2.25. The fourth-order valence-corrected chi connectivity index (χ4v) is 3.43. The second-order valence-corrected chi connectivity index (χ2v) is 6.83. The van der Waals surface area contributed by atoms with Crippen molar-refractivity contribution in [2.45, 2.75) is 77.6 Å². The molecule has 0 unspecified atom stereocenters. The lowest BCUT2D eigenvalue weighted by atomic mass is 9.88. The Morgan fingerprint density at radius 1 is 0.708 bits per heavy atom. The molecule has 130 valence electrons. The molecule has 0 fully saturated rings. The van der Waals surface area contributed by atoms with Crippen LogP contribution >= 0.6 is 0 Å². The van der Waals surface area contributed by atoms with E-state index in [2.05, 4.69) is 6.92 Å². The minimum absolute atomic E-state index is 0.0210. The van der Waals surface area contributed by atoms with E-state index in [1.54, 1.807) is 6.07 Å². The first-order valence-electron chi connectivity index (χ1n) is 9.62. The van der Waals surface area contributed by atoms with Gasteiger partial charge >= 0.3 is 0 Å². The van der Waals surface area contributed by atoms with E-state index < -0.39 is 0 Å². The third-order valence-electron chi connectivity index (χ3n) is 4.85. The largest absolute Gasteiger partial charge is 0.289 e. The Balaban J connectivity index is 1.68. The Morgan fingerprint density at radius 2 is 1.29 bits per heavy atom. The topological polar surface area (TPSA) is 34.1 Å². The van der Waals surface area contributed by atoms with Gasteiger partial charge in [-0.15, -0.1) is 0 Å². The number of hydrogen-bond donors (Lipinski definition) is 0. The zero-order valence-corrected chi connectivity index (χ0v) is 15.0. The number of carbonyl (C=O) groups is 2. The Bertz CT molecular complexity index is 584. The van der Waals surface area contributed by atoms with Gasteiger partial charge in [-0.3, -0.25) is 9.59 Å². The molecule has 0 saturated heterocycles. The lowest BCUT2D eigenvalue weighted by Crippen LogP contribution is -2.14. The second-order valence-electron chi connectivity index (χ2n) is 6.83. The van der Waals surface area contributed by atoms with Crippen LogP contribution in [0.25, 0.3) is 0 Å². The first-order chi connectivity index (χ1) is 11.7. The van der Waals surface area contributed by atoms with Crippen LogP contribution in [0.2, 0.25) is 0 Å². The number of benzene rings is 1. The van der Waals surface area contributed by atoms with Crippen molar-refractivity contribution in [3.8, 4) is 0 Å². The van der Waals surface area contributed by atoms with Gasteiger partial charge in [0.25, 0.3) is 0 Å². The number of ketones is 2. The van der Waals surface area contributed by atoms with Crippen molar-refractivity contribution in [2.24, 2.45) is 0 Å². The molecule has 0 N–H and O–H groups in total. The van der Waals surface area contributed by atoms with Crippen molar-refractivity contribution in [2.75, 3.05) is 0 Å². The highest BCUT2D eigenvalue weighted by atomic mass is 16.1. The lowest BCUT2D eigenvalue weighted by Gasteiger charge is -2.13. The van der Waals surface area contributed by atoms with E-state index in [4.69, 9.17) is 0 Å². The number of carbonyl (C=O) groups excluding carboxylic acids is 2. The van der Waals surface area contributed by atoms with Gasteiger partial charge in [0.2, 0.25) is 0 Å². The predicted molar refractivity (Wildman–Crippen MR) is 99.8 cm³/mol. The third kappa shape index (κ3) is 5.43. The molecular weight excluding hydrogens is 296 g/mol. The predicted octanol–water partition coefficient (Wildman–Crippen LogP) is 6.09. The zero-order valence-electron chi connectivity index (χ0n) is 15.0. The van der Waals surface area contributed by atoms with Crippen LogP contribution in [0, 0.1) is 0 Å². The summed E-state index contributed by atoms with van der Waals surface area (Å²) in [6.07, 6.45) is 16.8. The summed E-state index contributed by atoms with van der Waals surface area (Å²) in [6.45, 7) is 2.25. The molecule has 0 saturated carbocycles. The molecule has 0 atom stereocenters. The molecule has 0 amide bonds. The standard InChI is InChI=1S/C22H30O2/c1-2-3-4-5-6-7-8-9-10-11-13-18-14-12-15-19-20(23)16-17-21(24)22(18)19/h12,14-17H,2-11,13H2,1H3. The molecule has 0 radical (unpaired) electrons. The average molecular weight is 326 g/mol. The van der Waals surface area contributed by atoms with Gasteiger partial charge in [0, 0.05) is 11.1 Å². The first kappa shape index (κ1) is 18.6. The van der Waals surface area contributed by atoms with Crippen molar-refractivity contribution >= 4 is 11.6 Å². The van der Waals surface area contributed by atoms with Gasteiger partial charge < -0.3 is 0 Å². The van der Waals surface area contributed by atoms with E-state index in [9.17, 15) is 9.59 Å². The maximum atomic E-state index is 12.1. The smallest absolute Gasteiger partial charge is 0.186 e. The van der Waals surface area contributed by atoms with E-state index >= 15 is 0 Å². The molecule has 0 aliphatic heterocycles. The fraction of sp³-hybridized carbons (Fsp3) is 0.545. The second kappa shape index (κ2) is 10.2. The molecule has 2 nitrogen and oxygen atoms in total. The molecule has 0 bridgehead atoms. The van der Waals surface area contributed by atoms with E-state index in [-0.39, 0.29) is 11.6 Å². The number of allylic oxidation sites excluding steroid dienone is 2. The third-order valence-corrected chi connectivity index (χ3v) is 4.85. The monoisotopic (exact) mass is 326 g/mol. The first-order valence-corrected chi connectivity index (χ1v) is 9.62. The summed E-state index contributed by atoms with van der Waals surface area (Å²) >= 11 is 0. The number of rotatable bonds is 11. The van der Waals surface area contributed by atoms with Gasteiger partial charge in [-0.1, -0.05) is 82.9 Å². The SMILES string of the molecule is CCCCCCCCCCCCc1cccc2c1C(=O)C=CC2=O. The highest BCUT2D eigenvalue weighted by Crippen LogP contribution is 2.23. The Labute approximate surface area is 146 Å². The summed E-state index contributed by atoms with van der Waals surface area (Å²) in [7, 11) is 0.